The highest BCUT2D eigenvalue weighted by molar-refractivity contribution is 5.88. The van der Waals surface area contributed by atoms with Crippen molar-refractivity contribution in [2.24, 2.45) is 22.7 Å². The van der Waals surface area contributed by atoms with Crippen LogP contribution in [-0.2, 0) is 14.3 Å². The Bertz CT molecular complexity index is 839. The summed E-state index contributed by atoms with van der Waals surface area (Å²) in [4.78, 5) is 23.6. The van der Waals surface area contributed by atoms with Gasteiger partial charge in [-0.15, -0.1) is 0 Å². The molecule has 0 radical (unpaired) electrons. The molecule has 0 amide bonds. The normalized spacial score (nSPS) is 41.4. The van der Waals surface area contributed by atoms with Crippen molar-refractivity contribution in [2.75, 3.05) is 0 Å². The van der Waals surface area contributed by atoms with Gasteiger partial charge in [-0.1, -0.05) is 13.3 Å². The van der Waals surface area contributed by atoms with Gasteiger partial charge in [-0.2, -0.15) is 0 Å². The number of rotatable bonds is 6. The predicted octanol–water partition coefficient (Wildman–Crippen LogP) is 3.32. The lowest BCUT2D eigenvalue weighted by Gasteiger charge is -2.61. The number of hydrogen-bond acceptors (Lipinski definition) is 6. The molecule has 0 unspecified atom stereocenters. The molecule has 2 fully saturated rings. The van der Waals surface area contributed by atoms with Gasteiger partial charge in [0.2, 0.25) is 0 Å². The Morgan fingerprint density at radius 3 is 2.53 bits per heavy atom. The molecule has 7 atom stereocenters. The van der Waals surface area contributed by atoms with Crippen molar-refractivity contribution in [1.29, 1.82) is 0 Å². The van der Waals surface area contributed by atoms with Crippen LogP contribution in [0, 0.1) is 22.7 Å². The van der Waals surface area contributed by atoms with Gasteiger partial charge in [-0.25, -0.2) is 4.79 Å². The van der Waals surface area contributed by atoms with Crippen molar-refractivity contribution in [1.82, 2.24) is 0 Å². The summed E-state index contributed by atoms with van der Waals surface area (Å²) in [5, 5.41) is 43.0. The van der Waals surface area contributed by atoms with Crippen LogP contribution < -0.4 is 0 Å². The van der Waals surface area contributed by atoms with Crippen molar-refractivity contribution in [3.63, 3.8) is 0 Å². The minimum atomic E-state index is -1.51. The van der Waals surface area contributed by atoms with E-state index in [1.165, 1.54) is 19.1 Å². The van der Waals surface area contributed by atoms with Crippen molar-refractivity contribution < 1.29 is 34.8 Å². The lowest BCUT2D eigenvalue weighted by atomic mass is 9.44. The molecule has 3 rings (SSSR count). The standard InChI is InChI=1S/C25H38O7/c1-15-13-20(27)32-16(15)14-19(26)25(5,31)12-8-18-22(2)9-6-10-23(3,21(28)29)17(22)7-11-24(18,4)30/h13-14,17-19,26,30-31H,6-12H2,1-5H3,(H,28,29)/b16-14+/t17-,18-,19+,22+,23-,24-,25+/m1/s1. The Kier molecular flexibility index (Phi) is 6.44. The maximum Gasteiger partial charge on any atom is 0.336 e. The minimum Gasteiger partial charge on any atom is -0.481 e. The number of carboxylic acid groups (broad SMARTS) is 1. The quantitative estimate of drug-likeness (QED) is 0.458. The molecule has 2 saturated carbocycles. The third kappa shape index (κ3) is 4.27. The summed E-state index contributed by atoms with van der Waals surface area (Å²) < 4.78 is 5.06. The van der Waals surface area contributed by atoms with Crippen molar-refractivity contribution in [3.8, 4) is 0 Å². The van der Waals surface area contributed by atoms with Crippen LogP contribution in [-0.4, -0.2) is 49.7 Å². The van der Waals surface area contributed by atoms with Crippen molar-refractivity contribution in [2.45, 2.75) is 96.9 Å². The van der Waals surface area contributed by atoms with Crippen molar-refractivity contribution in [3.05, 3.63) is 23.5 Å². The van der Waals surface area contributed by atoms with Gasteiger partial charge in [0, 0.05) is 6.08 Å². The first-order chi connectivity index (χ1) is 14.6. The fourth-order valence-electron chi connectivity index (χ4n) is 6.73. The maximum absolute atomic E-state index is 12.2. The Labute approximate surface area is 190 Å². The molecule has 0 saturated heterocycles. The van der Waals surface area contributed by atoms with Gasteiger partial charge < -0.3 is 25.2 Å². The number of cyclic esters (lactones) is 1. The van der Waals surface area contributed by atoms with Crippen molar-refractivity contribution >= 4 is 11.9 Å². The molecule has 7 nitrogen and oxygen atoms in total. The average Bonchev–Trinajstić information content (AvgIpc) is 2.97. The first kappa shape index (κ1) is 24.9. The number of ether oxygens (including phenoxy) is 1. The smallest absolute Gasteiger partial charge is 0.336 e. The molecular weight excluding hydrogens is 412 g/mol. The van der Waals surface area contributed by atoms with E-state index in [-0.39, 0.29) is 29.4 Å². The number of aliphatic hydroxyl groups excluding tert-OH is 1. The Balaban J connectivity index is 1.81. The zero-order chi connectivity index (χ0) is 24.1. The van der Waals surface area contributed by atoms with Crippen LogP contribution in [0.3, 0.4) is 0 Å². The second-order valence-corrected chi connectivity index (χ2v) is 11.2. The molecular formula is C25H38O7. The third-order valence-corrected chi connectivity index (χ3v) is 8.77. The Hall–Kier alpha value is -1.70. The first-order valence-electron chi connectivity index (χ1n) is 11.6. The second kappa shape index (κ2) is 8.26. The van der Waals surface area contributed by atoms with Crippen LogP contribution in [0.15, 0.2) is 23.5 Å². The molecule has 7 heteroatoms. The fraction of sp³-hybridized carbons (Fsp3) is 0.760. The number of aliphatic carboxylic acids is 1. The second-order valence-electron chi connectivity index (χ2n) is 11.2. The highest BCUT2D eigenvalue weighted by Crippen LogP contribution is 2.63. The number of fused-ring (bicyclic) bond motifs is 1. The van der Waals surface area contributed by atoms with E-state index in [9.17, 15) is 30.0 Å². The highest BCUT2D eigenvalue weighted by Gasteiger charge is 2.61. The average molecular weight is 451 g/mol. The largest absolute Gasteiger partial charge is 0.481 e. The van der Waals surface area contributed by atoms with Gasteiger partial charge >= 0.3 is 11.9 Å². The third-order valence-electron chi connectivity index (χ3n) is 8.77. The van der Waals surface area contributed by atoms with Crippen LogP contribution in [0.5, 0.6) is 0 Å². The molecule has 0 aromatic carbocycles. The van der Waals surface area contributed by atoms with Gasteiger partial charge in [-0.05, 0) is 95.1 Å². The van der Waals surface area contributed by atoms with Gasteiger partial charge in [0.05, 0.1) is 16.6 Å². The monoisotopic (exact) mass is 450 g/mol. The summed E-state index contributed by atoms with van der Waals surface area (Å²) in [5.74, 6) is -1.32. The lowest BCUT2D eigenvalue weighted by Crippen LogP contribution is -2.60. The number of esters is 1. The summed E-state index contributed by atoms with van der Waals surface area (Å²) in [6.07, 6.45) is 5.48. The van der Waals surface area contributed by atoms with E-state index in [4.69, 9.17) is 4.74 Å². The van der Waals surface area contributed by atoms with Crippen LogP contribution in [0.4, 0.5) is 0 Å². The zero-order valence-corrected chi connectivity index (χ0v) is 19.9. The Morgan fingerprint density at radius 2 is 1.97 bits per heavy atom. The molecule has 0 spiro atoms. The number of carbonyl (C=O) groups excluding carboxylic acids is 1. The van der Waals surface area contributed by atoms with Gasteiger partial charge in [-0.3, -0.25) is 4.79 Å². The van der Waals surface area contributed by atoms with Crippen LogP contribution in [0.2, 0.25) is 0 Å². The number of hydrogen-bond donors (Lipinski definition) is 4. The summed E-state index contributed by atoms with van der Waals surface area (Å²) in [5.41, 5.74) is -3.11. The summed E-state index contributed by atoms with van der Waals surface area (Å²) in [6.45, 7) is 8.96. The molecule has 1 aliphatic heterocycles. The van der Waals surface area contributed by atoms with E-state index in [0.717, 1.165) is 12.8 Å². The summed E-state index contributed by atoms with van der Waals surface area (Å²) in [6, 6.07) is 0. The van der Waals surface area contributed by atoms with E-state index >= 15 is 0 Å². The minimum absolute atomic E-state index is 0.0610. The SMILES string of the molecule is CC1=CC(=O)O/C1=C/[C@H](O)[C@@](C)(O)CC[C@@H]1[C@@]2(C)CCC[C@@](C)(C(=O)O)[C@@H]2CC[C@@]1(C)O. The number of carbonyl (C=O) groups is 2. The fourth-order valence-corrected chi connectivity index (χ4v) is 6.73. The first-order valence-corrected chi connectivity index (χ1v) is 11.6. The molecule has 3 aliphatic rings. The molecule has 0 bridgehead atoms. The molecule has 32 heavy (non-hydrogen) atoms. The number of aliphatic hydroxyl groups is 3. The number of carboxylic acids is 1. The van der Waals surface area contributed by atoms with Gasteiger partial charge in [0.1, 0.15) is 11.9 Å². The molecule has 180 valence electrons. The highest BCUT2D eigenvalue weighted by atomic mass is 16.5. The van der Waals surface area contributed by atoms with E-state index in [2.05, 4.69) is 6.92 Å². The molecule has 2 aliphatic carbocycles. The lowest BCUT2D eigenvalue weighted by molar-refractivity contribution is -0.193. The van der Waals surface area contributed by atoms with Crippen LogP contribution in [0.1, 0.15) is 79.6 Å². The van der Waals surface area contributed by atoms with Crippen LogP contribution >= 0.6 is 0 Å². The predicted molar refractivity (Wildman–Crippen MR) is 118 cm³/mol. The maximum atomic E-state index is 12.2. The summed E-state index contributed by atoms with van der Waals surface area (Å²) >= 11 is 0. The van der Waals surface area contributed by atoms with Gasteiger partial charge in [0.25, 0.3) is 0 Å². The molecule has 4 N–H and O–H groups in total. The molecule has 1 heterocycles. The van der Waals surface area contributed by atoms with Gasteiger partial charge in [0.15, 0.2) is 0 Å². The van der Waals surface area contributed by atoms with Crippen LogP contribution in [0.25, 0.3) is 0 Å². The molecule has 0 aromatic heterocycles. The van der Waals surface area contributed by atoms with E-state index in [1.807, 2.05) is 13.8 Å². The Morgan fingerprint density at radius 1 is 1.31 bits per heavy atom. The number of allylic oxidation sites excluding steroid dienone is 1. The van der Waals surface area contributed by atoms with E-state index in [0.29, 0.717) is 31.3 Å². The molecule has 0 aromatic rings. The van der Waals surface area contributed by atoms with E-state index < -0.39 is 34.7 Å². The zero-order valence-electron chi connectivity index (χ0n) is 19.9. The summed E-state index contributed by atoms with van der Waals surface area (Å²) in [7, 11) is 0. The van der Waals surface area contributed by atoms with E-state index in [1.54, 1.807) is 6.92 Å². The topological polar surface area (TPSA) is 124 Å².